The summed E-state index contributed by atoms with van der Waals surface area (Å²) in [5, 5.41) is 6.64. The van der Waals surface area contributed by atoms with Crippen molar-refractivity contribution in [1.29, 1.82) is 0 Å². The molecule has 2 rings (SSSR count). The van der Waals surface area contributed by atoms with Crippen molar-refractivity contribution in [3.05, 3.63) is 30.1 Å². The van der Waals surface area contributed by atoms with Crippen LogP contribution in [0.15, 0.2) is 29.4 Å². The first-order chi connectivity index (χ1) is 12.4. The van der Waals surface area contributed by atoms with Crippen molar-refractivity contribution in [2.75, 3.05) is 26.7 Å². The number of hydrogen-bond acceptors (Lipinski definition) is 4. The Bertz CT molecular complexity index is 596. The number of guanidine groups is 1. The third-order valence-corrected chi connectivity index (χ3v) is 4.21. The minimum Gasteiger partial charge on any atom is -0.444 e. The van der Waals surface area contributed by atoms with Gasteiger partial charge in [0.2, 0.25) is 0 Å². The van der Waals surface area contributed by atoms with Gasteiger partial charge in [0.05, 0.1) is 12.2 Å². The van der Waals surface area contributed by atoms with Gasteiger partial charge in [0.1, 0.15) is 5.60 Å². The number of aromatic nitrogens is 1. The van der Waals surface area contributed by atoms with Crippen molar-refractivity contribution >= 4 is 36.0 Å². The first-order valence-electron chi connectivity index (χ1n) is 9.20. The van der Waals surface area contributed by atoms with E-state index in [2.05, 4.69) is 20.6 Å². The van der Waals surface area contributed by atoms with Gasteiger partial charge in [0, 0.05) is 32.9 Å². The molecule has 0 radical (unpaired) electrons. The van der Waals surface area contributed by atoms with Crippen LogP contribution in [0, 0.1) is 5.92 Å². The van der Waals surface area contributed by atoms with Crippen LogP contribution in [0.25, 0.3) is 0 Å². The highest BCUT2D eigenvalue weighted by atomic mass is 127. The van der Waals surface area contributed by atoms with Crippen LogP contribution >= 0.6 is 24.0 Å². The average molecular weight is 489 g/mol. The first-order valence-corrected chi connectivity index (χ1v) is 9.20. The van der Waals surface area contributed by atoms with Gasteiger partial charge in [-0.3, -0.25) is 9.98 Å². The zero-order valence-corrected chi connectivity index (χ0v) is 19.0. The number of likely N-dealkylation sites (tertiary alicyclic amines) is 1. The number of halogens is 1. The summed E-state index contributed by atoms with van der Waals surface area (Å²) in [6.45, 7) is 8.63. The molecule has 0 bridgehead atoms. The summed E-state index contributed by atoms with van der Waals surface area (Å²) in [5.41, 5.74) is 0.530. The third kappa shape index (κ3) is 8.77. The molecule has 0 unspecified atom stereocenters. The average Bonchev–Trinajstić information content (AvgIpc) is 2.62. The van der Waals surface area contributed by atoms with E-state index in [1.165, 1.54) is 0 Å². The van der Waals surface area contributed by atoms with Gasteiger partial charge in [-0.15, -0.1) is 24.0 Å². The molecule has 1 aliphatic heterocycles. The molecule has 0 saturated carbocycles. The lowest BCUT2D eigenvalue weighted by molar-refractivity contribution is 0.0185. The number of nitrogens with zero attached hydrogens (tertiary/aromatic N) is 3. The first kappa shape index (κ1) is 23.5. The quantitative estimate of drug-likeness (QED) is 0.386. The second-order valence-corrected chi connectivity index (χ2v) is 7.54. The molecule has 152 valence electrons. The molecule has 1 fully saturated rings. The fourth-order valence-electron chi connectivity index (χ4n) is 2.78. The van der Waals surface area contributed by atoms with E-state index in [4.69, 9.17) is 4.74 Å². The van der Waals surface area contributed by atoms with E-state index in [1.807, 2.05) is 39.0 Å². The Morgan fingerprint density at radius 2 is 2.00 bits per heavy atom. The molecule has 0 atom stereocenters. The second-order valence-electron chi connectivity index (χ2n) is 7.54. The zero-order valence-electron chi connectivity index (χ0n) is 16.7. The standard InChI is InChI=1S/C19H31N5O2.HI/c1-19(2,3)26-18(25)24-11-8-15(9-12-24)13-22-17(20-4)23-14-16-7-5-6-10-21-16;/h5-7,10,15H,8-9,11-14H2,1-4H3,(H2,20,22,23);1H. The molecular weight excluding hydrogens is 457 g/mol. The van der Waals surface area contributed by atoms with Crippen LogP contribution in [0.3, 0.4) is 0 Å². The van der Waals surface area contributed by atoms with Gasteiger partial charge in [-0.1, -0.05) is 6.07 Å². The fraction of sp³-hybridized carbons (Fsp3) is 0.632. The highest BCUT2D eigenvalue weighted by Gasteiger charge is 2.26. The predicted octanol–water partition coefficient (Wildman–Crippen LogP) is 3.01. The molecule has 1 amide bonds. The number of pyridine rings is 1. The Morgan fingerprint density at radius 1 is 1.30 bits per heavy atom. The lowest BCUT2D eigenvalue weighted by atomic mass is 9.97. The fourth-order valence-corrected chi connectivity index (χ4v) is 2.78. The largest absolute Gasteiger partial charge is 0.444 e. The van der Waals surface area contributed by atoms with E-state index < -0.39 is 5.60 Å². The maximum Gasteiger partial charge on any atom is 0.410 e. The van der Waals surface area contributed by atoms with Crippen LogP contribution in [0.5, 0.6) is 0 Å². The van der Waals surface area contributed by atoms with Crippen LogP contribution in [-0.4, -0.2) is 54.2 Å². The van der Waals surface area contributed by atoms with Crippen molar-refractivity contribution < 1.29 is 9.53 Å². The Labute approximate surface area is 179 Å². The van der Waals surface area contributed by atoms with Crippen LogP contribution in [0.2, 0.25) is 0 Å². The van der Waals surface area contributed by atoms with E-state index in [0.717, 1.165) is 44.1 Å². The van der Waals surface area contributed by atoms with E-state index in [0.29, 0.717) is 12.5 Å². The molecule has 1 aliphatic rings. The molecule has 8 heteroatoms. The summed E-state index contributed by atoms with van der Waals surface area (Å²) in [4.78, 5) is 22.5. The Morgan fingerprint density at radius 3 is 2.56 bits per heavy atom. The minimum atomic E-state index is -0.443. The monoisotopic (exact) mass is 489 g/mol. The lowest BCUT2D eigenvalue weighted by Gasteiger charge is -2.33. The molecular formula is C19H32IN5O2. The van der Waals surface area contributed by atoms with E-state index >= 15 is 0 Å². The topological polar surface area (TPSA) is 78.9 Å². The van der Waals surface area contributed by atoms with Gasteiger partial charge in [-0.2, -0.15) is 0 Å². The number of carbonyl (C=O) groups is 1. The van der Waals surface area contributed by atoms with Gasteiger partial charge in [0.25, 0.3) is 0 Å². The van der Waals surface area contributed by atoms with Gasteiger partial charge < -0.3 is 20.3 Å². The molecule has 7 nitrogen and oxygen atoms in total. The molecule has 27 heavy (non-hydrogen) atoms. The number of piperidine rings is 1. The summed E-state index contributed by atoms with van der Waals surface area (Å²) in [7, 11) is 1.76. The zero-order chi connectivity index (χ0) is 19.0. The molecule has 0 spiro atoms. The Hall–Kier alpha value is -1.58. The lowest BCUT2D eigenvalue weighted by Crippen LogP contribution is -2.45. The molecule has 2 heterocycles. The number of rotatable bonds is 4. The van der Waals surface area contributed by atoms with Crippen LogP contribution < -0.4 is 10.6 Å². The molecule has 2 N–H and O–H groups in total. The highest BCUT2D eigenvalue weighted by Crippen LogP contribution is 2.19. The van der Waals surface area contributed by atoms with Crippen molar-refractivity contribution in [3.63, 3.8) is 0 Å². The van der Waals surface area contributed by atoms with Gasteiger partial charge in [-0.25, -0.2) is 4.79 Å². The van der Waals surface area contributed by atoms with Gasteiger partial charge in [0.15, 0.2) is 5.96 Å². The minimum absolute atomic E-state index is 0. The molecule has 0 aromatic carbocycles. The molecule has 0 aliphatic carbocycles. The van der Waals surface area contributed by atoms with E-state index in [1.54, 1.807) is 18.1 Å². The SMILES string of the molecule is CN=C(NCc1ccccn1)NCC1CCN(C(=O)OC(C)(C)C)CC1.I. The van der Waals surface area contributed by atoms with Crippen molar-refractivity contribution in [2.24, 2.45) is 10.9 Å². The number of aliphatic imine (C=N–C) groups is 1. The maximum absolute atomic E-state index is 12.1. The summed E-state index contributed by atoms with van der Waals surface area (Å²) >= 11 is 0. The number of nitrogens with one attached hydrogen (secondary N) is 2. The second kappa shape index (κ2) is 11.3. The summed E-state index contributed by atoms with van der Waals surface area (Å²) < 4.78 is 5.44. The van der Waals surface area contributed by atoms with Crippen LogP contribution in [0.4, 0.5) is 4.79 Å². The number of carbonyl (C=O) groups excluding carboxylic acids is 1. The van der Waals surface area contributed by atoms with E-state index in [9.17, 15) is 4.79 Å². The summed E-state index contributed by atoms with van der Waals surface area (Å²) in [6.07, 6.45) is 3.50. The molecule has 1 aromatic rings. The van der Waals surface area contributed by atoms with Crippen LogP contribution in [0.1, 0.15) is 39.3 Å². The third-order valence-electron chi connectivity index (χ3n) is 4.21. The smallest absolute Gasteiger partial charge is 0.410 e. The predicted molar refractivity (Wildman–Crippen MR) is 118 cm³/mol. The van der Waals surface area contributed by atoms with Crippen molar-refractivity contribution in [2.45, 2.75) is 45.8 Å². The Balaban J connectivity index is 0.00000364. The Kier molecular flexibility index (Phi) is 9.82. The summed E-state index contributed by atoms with van der Waals surface area (Å²) in [6, 6.07) is 5.85. The van der Waals surface area contributed by atoms with Gasteiger partial charge in [-0.05, 0) is 51.7 Å². The number of hydrogen-bond donors (Lipinski definition) is 2. The van der Waals surface area contributed by atoms with Crippen molar-refractivity contribution in [1.82, 2.24) is 20.5 Å². The van der Waals surface area contributed by atoms with Crippen molar-refractivity contribution in [3.8, 4) is 0 Å². The normalized spacial score (nSPS) is 15.7. The maximum atomic E-state index is 12.1. The molecule has 1 saturated heterocycles. The number of amides is 1. The van der Waals surface area contributed by atoms with Crippen LogP contribution in [-0.2, 0) is 11.3 Å². The van der Waals surface area contributed by atoms with E-state index in [-0.39, 0.29) is 30.1 Å². The molecule has 1 aromatic heterocycles. The van der Waals surface area contributed by atoms with Gasteiger partial charge >= 0.3 is 6.09 Å². The highest BCUT2D eigenvalue weighted by molar-refractivity contribution is 14.0. The number of ether oxygens (including phenoxy) is 1. The summed E-state index contributed by atoms with van der Waals surface area (Å²) in [5.74, 6) is 1.28.